The maximum Gasteiger partial charge on any atom is 0.251 e. The minimum atomic E-state index is -0.543. The van der Waals surface area contributed by atoms with Crippen molar-refractivity contribution >= 4 is 35.0 Å². The molecular formula is C28H39N7O3. The van der Waals surface area contributed by atoms with E-state index in [1.807, 2.05) is 19.9 Å². The Morgan fingerprint density at radius 3 is 2.68 bits per heavy atom. The molecule has 3 heterocycles. The van der Waals surface area contributed by atoms with Crippen LogP contribution in [0.2, 0.25) is 0 Å². The van der Waals surface area contributed by atoms with E-state index in [-0.39, 0.29) is 17.9 Å². The zero-order valence-corrected chi connectivity index (χ0v) is 22.8. The predicted octanol–water partition coefficient (Wildman–Crippen LogP) is 3.46. The van der Waals surface area contributed by atoms with Gasteiger partial charge in [-0.15, -0.1) is 0 Å². The molecule has 1 saturated carbocycles. The third kappa shape index (κ3) is 5.27. The number of nitrogens with zero attached hydrogens (tertiary/aromatic N) is 4. The maximum absolute atomic E-state index is 13.2. The van der Waals surface area contributed by atoms with Crippen LogP contribution in [0.25, 0.3) is 0 Å². The number of aromatic nitrogens is 2. The zero-order chi connectivity index (χ0) is 26.9. The second-order valence-corrected chi connectivity index (χ2v) is 11.3. The Hall–Kier alpha value is -3.40. The van der Waals surface area contributed by atoms with Gasteiger partial charge in [-0.2, -0.15) is 4.98 Å². The Labute approximate surface area is 224 Å². The van der Waals surface area contributed by atoms with E-state index in [0.717, 1.165) is 44.6 Å². The maximum atomic E-state index is 13.2. The van der Waals surface area contributed by atoms with E-state index in [1.54, 1.807) is 37.4 Å². The van der Waals surface area contributed by atoms with Crippen LogP contribution in [0.5, 0.6) is 5.75 Å². The van der Waals surface area contributed by atoms with Crippen molar-refractivity contribution in [1.82, 2.24) is 20.6 Å². The van der Waals surface area contributed by atoms with Crippen molar-refractivity contribution in [2.75, 3.05) is 48.9 Å². The molecule has 3 N–H and O–H groups in total. The lowest BCUT2D eigenvalue weighted by Gasteiger charge is -2.34. The van der Waals surface area contributed by atoms with E-state index in [9.17, 15) is 9.59 Å². The molecule has 10 heteroatoms. The van der Waals surface area contributed by atoms with Crippen molar-refractivity contribution in [3.63, 3.8) is 0 Å². The van der Waals surface area contributed by atoms with Crippen LogP contribution in [0, 0.1) is 5.41 Å². The quantitative estimate of drug-likeness (QED) is 0.530. The minimum Gasteiger partial charge on any atom is -0.495 e. The summed E-state index contributed by atoms with van der Waals surface area (Å²) in [6.07, 6.45) is 8.30. The summed E-state index contributed by atoms with van der Waals surface area (Å²) in [6, 6.07) is 5.80. The van der Waals surface area contributed by atoms with Gasteiger partial charge in [0.05, 0.1) is 24.4 Å². The summed E-state index contributed by atoms with van der Waals surface area (Å²) >= 11 is 0. The fraction of sp³-hybridized carbons (Fsp3) is 0.571. The van der Waals surface area contributed by atoms with E-state index in [2.05, 4.69) is 25.8 Å². The Bertz CT molecular complexity index is 1190. The number of hydrogen-bond acceptors (Lipinski definition) is 8. The first kappa shape index (κ1) is 26.2. The van der Waals surface area contributed by atoms with Crippen molar-refractivity contribution in [2.24, 2.45) is 5.41 Å². The van der Waals surface area contributed by atoms with Gasteiger partial charge < -0.3 is 30.5 Å². The summed E-state index contributed by atoms with van der Waals surface area (Å²) in [5, 5.41) is 9.70. The molecular weight excluding hydrogens is 482 g/mol. The van der Waals surface area contributed by atoms with Crippen molar-refractivity contribution < 1.29 is 14.3 Å². The van der Waals surface area contributed by atoms with Gasteiger partial charge in [0.25, 0.3) is 5.91 Å². The SMILES string of the molecule is COc1cc(C(=O)N[C@@H]2CCCNC2)ccc1Nc1ncc2c(n1)N(C1CCCC1)CC(C)(C)C(=O)N2C. The molecule has 2 aliphatic heterocycles. The summed E-state index contributed by atoms with van der Waals surface area (Å²) in [7, 11) is 3.38. The van der Waals surface area contributed by atoms with Gasteiger partial charge in [0.15, 0.2) is 5.82 Å². The summed E-state index contributed by atoms with van der Waals surface area (Å²) in [5.41, 5.74) is 1.37. The van der Waals surface area contributed by atoms with Crippen molar-refractivity contribution in [1.29, 1.82) is 0 Å². The molecule has 1 saturated heterocycles. The van der Waals surface area contributed by atoms with Crippen LogP contribution in [-0.2, 0) is 4.79 Å². The van der Waals surface area contributed by atoms with Crippen LogP contribution in [0.4, 0.5) is 23.1 Å². The van der Waals surface area contributed by atoms with Crippen LogP contribution in [0.1, 0.15) is 62.7 Å². The van der Waals surface area contributed by atoms with Gasteiger partial charge in [-0.05, 0) is 64.3 Å². The standard InChI is InChI=1S/C28H39N7O3/c1-28(2)17-35(20-9-5-6-10-20)24-22(34(3)26(28)37)16-30-27(33-24)32-21-12-11-18(14-23(21)38-4)25(36)31-19-8-7-13-29-15-19/h11-12,14,16,19-20,29H,5-10,13,15,17H2,1-4H3,(H,31,36)(H,30,32,33)/t19-/m1/s1. The van der Waals surface area contributed by atoms with Gasteiger partial charge in [0.2, 0.25) is 11.9 Å². The molecule has 2 amide bonds. The predicted molar refractivity (Wildman–Crippen MR) is 148 cm³/mol. The number of ether oxygens (including phenoxy) is 1. The van der Waals surface area contributed by atoms with Crippen LogP contribution in [0.3, 0.4) is 0 Å². The van der Waals surface area contributed by atoms with Crippen molar-refractivity contribution in [3.8, 4) is 5.75 Å². The lowest BCUT2D eigenvalue weighted by atomic mass is 9.91. The Morgan fingerprint density at radius 1 is 1.18 bits per heavy atom. The number of carbonyl (C=O) groups excluding carboxylic acids is 2. The molecule has 2 fully saturated rings. The van der Waals surface area contributed by atoms with Gasteiger partial charge in [-0.3, -0.25) is 9.59 Å². The molecule has 1 aromatic heterocycles. The van der Waals surface area contributed by atoms with Gasteiger partial charge >= 0.3 is 0 Å². The van der Waals surface area contributed by atoms with E-state index < -0.39 is 5.41 Å². The monoisotopic (exact) mass is 521 g/mol. The Balaban J connectivity index is 1.41. The number of rotatable bonds is 6. The van der Waals surface area contributed by atoms with Gasteiger partial charge in [0.1, 0.15) is 11.4 Å². The molecule has 204 valence electrons. The number of nitrogens with one attached hydrogen (secondary N) is 3. The molecule has 10 nitrogen and oxygen atoms in total. The lowest BCUT2D eigenvalue weighted by Crippen LogP contribution is -2.45. The fourth-order valence-corrected chi connectivity index (χ4v) is 5.82. The first-order valence-corrected chi connectivity index (χ1v) is 13.7. The number of piperidine rings is 1. The number of methoxy groups -OCH3 is 1. The third-order valence-corrected chi connectivity index (χ3v) is 7.94. The van der Waals surface area contributed by atoms with Gasteiger partial charge in [-0.25, -0.2) is 4.98 Å². The molecule has 0 spiro atoms. The summed E-state index contributed by atoms with van der Waals surface area (Å²) < 4.78 is 5.62. The molecule has 1 aliphatic carbocycles. The first-order valence-electron chi connectivity index (χ1n) is 13.7. The van der Waals surface area contributed by atoms with E-state index in [0.29, 0.717) is 41.2 Å². The molecule has 0 unspecified atom stereocenters. The van der Waals surface area contributed by atoms with E-state index >= 15 is 0 Å². The second-order valence-electron chi connectivity index (χ2n) is 11.3. The molecule has 38 heavy (non-hydrogen) atoms. The van der Waals surface area contributed by atoms with Crippen LogP contribution in [0.15, 0.2) is 24.4 Å². The average Bonchev–Trinajstić information content (AvgIpc) is 3.44. The van der Waals surface area contributed by atoms with Crippen LogP contribution < -0.4 is 30.5 Å². The molecule has 1 atom stereocenters. The minimum absolute atomic E-state index is 0.0584. The Morgan fingerprint density at radius 2 is 1.97 bits per heavy atom. The average molecular weight is 522 g/mol. The molecule has 2 aromatic rings. The molecule has 0 radical (unpaired) electrons. The van der Waals surface area contributed by atoms with Gasteiger partial charge in [0, 0.05) is 37.8 Å². The third-order valence-electron chi connectivity index (χ3n) is 7.94. The highest BCUT2D eigenvalue weighted by Gasteiger charge is 2.41. The highest BCUT2D eigenvalue weighted by Crippen LogP contribution is 2.40. The number of benzene rings is 1. The molecule has 0 bridgehead atoms. The number of anilines is 4. The summed E-state index contributed by atoms with van der Waals surface area (Å²) in [5.74, 6) is 1.65. The summed E-state index contributed by atoms with van der Waals surface area (Å²) in [6.45, 7) is 6.38. The highest BCUT2D eigenvalue weighted by molar-refractivity contribution is 6.01. The Kier molecular flexibility index (Phi) is 7.43. The van der Waals surface area contributed by atoms with Gasteiger partial charge in [-0.1, -0.05) is 12.8 Å². The first-order chi connectivity index (χ1) is 18.3. The van der Waals surface area contributed by atoms with E-state index in [4.69, 9.17) is 9.72 Å². The van der Waals surface area contributed by atoms with Crippen LogP contribution in [-0.4, -0.2) is 67.7 Å². The second kappa shape index (κ2) is 10.8. The highest BCUT2D eigenvalue weighted by atomic mass is 16.5. The number of amides is 2. The topological polar surface area (TPSA) is 112 Å². The lowest BCUT2D eigenvalue weighted by molar-refractivity contribution is -0.125. The van der Waals surface area contributed by atoms with Crippen molar-refractivity contribution in [2.45, 2.75) is 64.5 Å². The number of fused-ring (bicyclic) bond motifs is 1. The largest absolute Gasteiger partial charge is 0.495 e. The number of hydrogen-bond donors (Lipinski definition) is 3. The van der Waals surface area contributed by atoms with E-state index in [1.165, 1.54) is 12.8 Å². The number of carbonyl (C=O) groups is 2. The summed E-state index contributed by atoms with van der Waals surface area (Å²) in [4.78, 5) is 39.5. The van der Waals surface area contributed by atoms with Crippen LogP contribution >= 0.6 is 0 Å². The fourth-order valence-electron chi connectivity index (χ4n) is 5.82. The molecule has 5 rings (SSSR count). The van der Waals surface area contributed by atoms with Crippen molar-refractivity contribution in [3.05, 3.63) is 30.0 Å². The molecule has 1 aromatic carbocycles. The smallest absolute Gasteiger partial charge is 0.251 e. The zero-order valence-electron chi connectivity index (χ0n) is 22.8. The normalized spacial score (nSPS) is 21.6. The molecule has 3 aliphatic rings.